The van der Waals surface area contributed by atoms with Crippen LogP contribution in [0.3, 0.4) is 0 Å². The van der Waals surface area contributed by atoms with Gasteiger partial charge < -0.3 is 0 Å². The fourth-order valence-corrected chi connectivity index (χ4v) is 12.3. The lowest BCUT2D eigenvalue weighted by atomic mass is 9.82. The maximum Gasteiger partial charge on any atom is 0.151 e. The van der Waals surface area contributed by atoms with Gasteiger partial charge in [-0.2, -0.15) is 0 Å². The Morgan fingerprint density at radius 1 is 0.500 bits per heavy atom. The highest BCUT2D eigenvalue weighted by Gasteiger charge is 2.51. The van der Waals surface area contributed by atoms with Crippen molar-refractivity contribution in [2.24, 2.45) is 11.8 Å². The third-order valence-electron chi connectivity index (χ3n) is 7.54. The Bertz CT molecular complexity index is 777. The zero-order valence-electron chi connectivity index (χ0n) is 16.6. The summed E-state index contributed by atoms with van der Waals surface area (Å²) in [7, 11) is -2.08. The summed E-state index contributed by atoms with van der Waals surface area (Å²) in [6, 6.07) is 34.6. The van der Waals surface area contributed by atoms with E-state index in [0.717, 1.165) is 17.4 Å². The summed E-state index contributed by atoms with van der Waals surface area (Å²) in [4.78, 5) is 0. The van der Waals surface area contributed by atoms with Crippen LogP contribution < -0.4 is 15.6 Å². The minimum Gasteiger partial charge on any atom is -0.0624 e. The molecular formula is C27H30Si. The summed E-state index contributed by atoms with van der Waals surface area (Å²) in [5, 5.41) is 4.78. The van der Waals surface area contributed by atoms with Gasteiger partial charge in [0.25, 0.3) is 0 Å². The molecule has 5 rings (SSSR count). The maximum atomic E-state index is 2.42. The van der Waals surface area contributed by atoms with Gasteiger partial charge in [0.15, 0.2) is 8.07 Å². The standard InChI is InChI=1S/C27H30Si/c1-4-14-24(15-5-1)28(25-16-6-2-7-17-25,26-18-8-3-9-19-26)27-20-22-12-10-11-13-23(22)21-27/h1-9,14-19,22-23,27H,10-13,20-21H2/t22-,23+,27?. The quantitative estimate of drug-likeness (QED) is 0.434. The van der Waals surface area contributed by atoms with Crippen molar-refractivity contribution in [2.45, 2.75) is 44.1 Å². The highest BCUT2D eigenvalue weighted by molar-refractivity contribution is 7.12. The molecule has 0 radical (unpaired) electrons. The molecular weight excluding hydrogens is 352 g/mol. The molecule has 0 bridgehead atoms. The van der Waals surface area contributed by atoms with Crippen LogP contribution in [0.5, 0.6) is 0 Å². The van der Waals surface area contributed by atoms with Gasteiger partial charge in [-0.25, -0.2) is 0 Å². The molecule has 0 aliphatic heterocycles. The molecule has 3 aromatic carbocycles. The predicted molar refractivity (Wildman–Crippen MR) is 122 cm³/mol. The molecule has 2 aliphatic rings. The summed E-state index contributed by atoms with van der Waals surface area (Å²) in [6.07, 6.45) is 8.67. The fraction of sp³-hybridized carbons (Fsp3) is 0.333. The zero-order chi connectivity index (χ0) is 18.8. The first-order chi connectivity index (χ1) is 13.9. The molecule has 0 amide bonds. The van der Waals surface area contributed by atoms with Crippen LogP contribution in [0.15, 0.2) is 91.0 Å². The smallest absolute Gasteiger partial charge is 0.0624 e. The van der Waals surface area contributed by atoms with Gasteiger partial charge in [0.05, 0.1) is 0 Å². The van der Waals surface area contributed by atoms with E-state index in [-0.39, 0.29) is 0 Å². The number of rotatable bonds is 4. The van der Waals surface area contributed by atoms with Crippen LogP contribution in [-0.4, -0.2) is 8.07 Å². The predicted octanol–water partition coefficient (Wildman–Crippen LogP) is 5.13. The number of fused-ring (bicyclic) bond motifs is 1. The van der Waals surface area contributed by atoms with Crippen molar-refractivity contribution in [1.29, 1.82) is 0 Å². The third kappa shape index (κ3) is 2.97. The van der Waals surface area contributed by atoms with E-state index < -0.39 is 8.07 Å². The van der Waals surface area contributed by atoms with Crippen LogP contribution in [0.25, 0.3) is 0 Å². The molecule has 1 heteroatoms. The van der Waals surface area contributed by atoms with Crippen molar-refractivity contribution in [1.82, 2.24) is 0 Å². The molecule has 28 heavy (non-hydrogen) atoms. The van der Waals surface area contributed by atoms with E-state index in [4.69, 9.17) is 0 Å². The second-order valence-electron chi connectivity index (χ2n) is 8.88. The van der Waals surface area contributed by atoms with Crippen LogP contribution in [0.1, 0.15) is 38.5 Å². The molecule has 2 saturated carbocycles. The van der Waals surface area contributed by atoms with Gasteiger partial charge in [0.1, 0.15) is 0 Å². The van der Waals surface area contributed by atoms with Crippen LogP contribution in [0, 0.1) is 11.8 Å². The monoisotopic (exact) mass is 382 g/mol. The van der Waals surface area contributed by atoms with Crippen molar-refractivity contribution >= 4 is 23.6 Å². The van der Waals surface area contributed by atoms with Crippen LogP contribution >= 0.6 is 0 Å². The van der Waals surface area contributed by atoms with Crippen molar-refractivity contribution < 1.29 is 0 Å². The van der Waals surface area contributed by atoms with Gasteiger partial charge in [0.2, 0.25) is 0 Å². The number of hydrogen-bond donors (Lipinski definition) is 0. The third-order valence-corrected chi connectivity index (χ3v) is 13.0. The summed E-state index contributed by atoms with van der Waals surface area (Å²) < 4.78 is 0. The Balaban J connectivity index is 1.73. The van der Waals surface area contributed by atoms with E-state index in [2.05, 4.69) is 91.0 Å². The van der Waals surface area contributed by atoms with E-state index in [1.54, 1.807) is 15.6 Å². The minimum absolute atomic E-state index is 0.799. The van der Waals surface area contributed by atoms with E-state index in [0.29, 0.717) is 0 Å². The zero-order valence-corrected chi connectivity index (χ0v) is 17.6. The van der Waals surface area contributed by atoms with Gasteiger partial charge in [0, 0.05) is 0 Å². The van der Waals surface area contributed by atoms with Crippen molar-refractivity contribution in [3.8, 4) is 0 Å². The highest BCUT2D eigenvalue weighted by atomic mass is 28.3. The van der Waals surface area contributed by atoms with Crippen LogP contribution in [-0.2, 0) is 0 Å². The molecule has 3 atom stereocenters. The Labute approximate surface area is 170 Å². The second kappa shape index (κ2) is 7.71. The van der Waals surface area contributed by atoms with E-state index in [1.165, 1.54) is 38.5 Å². The topological polar surface area (TPSA) is 0 Å². The molecule has 2 aliphatic carbocycles. The Kier molecular flexibility index (Phi) is 4.94. The van der Waals surface area contributed by atoms with E-state index >= 15 is 0 Å². The summed E-state index contributed by atoms with van der Waals surface area (Å²) in [5.41, 5.74) is 0.799. The Morgan fingerprint density at radius 3 is 1.21 bits per heavy atom. The second-order valence-corrected chi connectivity index (χ2v) is 13.0. The average Bonchev–Trinajstić information content (AvgIpc) is 3.21. The molecule has 0 spiro atoms. The molecule has 3 aromatic rings. The fourth-order valence-electron chi connectivity index (χ4n) is 6.40. The molecule has 0 aromatic heterocycles. The van der Waals surface area contributed by atoms with Crippen LogP contribution in [0.2, 0.25) is 5.54 Å². The van der Waals surface area contributed by atoms with Crippen LogP contribution in [0.4, 0.5) is 0 Å². The summed E-state index contributed by atoms with van der Waals surface area (Å²) >= 11 is 0. The average molecular weight is 383 g/mol. The first-order valence-corrected chi connectivity index (χ1v) is 13.1. The highest BCUT2D eigenvalue weighted by Crippen LogP contribution is 2.51. The van der Waals surface area contributed by atoms with E-state index in [9.17, 15) is 0 Å². The SMILES string of the molecule is c1ccc([Si](c2ccccc2)(c2ccccc2)C2C[C@H]3CCCC[C@H]3C2)cc1. The minimum atomic E-state index is -2.08. The first kappa shape index (κ1) is 17.9. The maximum absolute atomic E-state index is 2.42. The molecule has 0 nitrogen and oxygen atoms in total. The summed E-state index contributed by atoms with van der Waals surface area (Å²) in [6.45, 7) is 0. The van der Waals surface area contributed by atoms with Gasteiger partial charge in [-0.1, -0.05) is 117 Å². The molecule has 1 unspecified atom stereocenters. The summed E-state index contributed by atoms with van der Waals surface area (Å²) in [5.74, 6) is 1.92. The van der Waals surface area contributed by atoms with Crippen molar-refractivity contribution in [3.05, 3.63) is 91.0 Å². The normalized spacial score (nSPS) is 24.6. The largest absolute Gasteiger partial charge is 0.151 e. The Morgan fingerprint density at radius 2 is 0.857 bits per heavy atom. The first-order valence-electron chi connectivity index (χ1n) is 11.1. The van der Waals surface area contributed by atoms with E-state index in [1.807, 2.05) is 0 Å². The van der Waals surface area contributed by atoms with Gasteiger partial charge in [-0.05, 0) is 45.8 Å². The van der Waals surface area contributed by atoms with Gasteiger partial charge in [-0.3, -0.25) is 0 Å². The lowest BCUT2D eigenvalue weighted by molar-refractivity contribution is 0.277. The molecule has 0 heterocycles. The Hall–Kier alpha value is -2.12. The molecule has 2 fully saturated rings. The number of benzene rings is 3. The lowest BCUT2D eigenvalue weighted by Crippen LogP contribution is -2.69. The number of hydrogen-bond acceptors (Lipinski definition) is 0. The van der Waals surface area contributed by atoms with Gasteiger partial charge >= 0.3 is 0 Å². The molecule has 142 valence electrons. The lowest BCUT2D eigenvalue weighted by Gasteiger charge is -2.39. The van der Waals surface area contributed by atoms with Crippen molar-refractivity contribution in [2.75, 3.05) is 0 Å². The van der Waals surface area contributed by atoms with Gasteiger partial charge in [-0.15, -0.1) is 0 Å². The van der Waals surface area contributed by atoms with Crippen molar-refractivity contribution in [3.63, 3.8) is 0 Å². The molecule has 0 saturated heterocycles. The molecule has 0 N–H and O–H groups in total.